The first-order chi connectivity index (χ1) is 8.61. The number of thiazole rings is 1. The zero-order valence-corrected chi connectivity index (χ0v) is 11.4. The SMILES string of the molecule is CCCc1ccc(-c2csc(N)n2)cc1C(C)=O. The molecule has 0 spiro atoms. The highest BCUT2D eigenvalue weighted by atomic mass is 32.1. The first-order valence-corrected chi connectivity index (χ1v) is 6.85. The van der Waals surface area contributed by atoms with E-state index in [1.807, 2.05) is 23.6 Å². The van der Waals surface area contributed by atoms with Gasteiger partial charge in [-0.25, -0.2) is 4.98 Å². The van der Waals surface area contributed by atoms with Crippen LogP contribution in [0.25, 0.3) is 11.3 Å². The molecular formula is C14H16N2OS. The van der Waals surface area contributed by atoms with Crippen LogP contribution in [-0.4, -0.2) is 10.8 Å². The molecule has 0 bridgehead atoms. The highest BCUT2D eigenvalue weighted by Crippen LogP contribution is 2.26. The molecule has 0 atom stereocenters. The monoisotopic (exact) mass is 260 g/mol. The Labute approximate surface area is 111 Å². The van der Waals surface area contributed by atoms with Crippen molar-refractivity contribution in [3.05, 3.63) is 34.7 Å². The highest BCUT2D eigenvalue weighted by Gasteiger charge is 2.10. The minimum atomic E-state index is 0.100. The van der Waals surface area contributed by atoms with Gasteiger partial charge >= 0.3 is 0 Å². The molecule has 2 aromatic rings. The number of aromatic nitrogens is 1. The number of nitrogens with two attached hydrogens (primary N) is 1. The van der Waals surface area contributed by atoms with E-state index < -0.39 is 0 Å². The summed E-state index contributed by atoms with van der Waals surface area (Å²) in [6.45, 7) is 3.71. The van der Waals surface area contributed by atoms with Crippen molar-refractivity contribution in [2.24, 2.45) is 0 Å². The predicted molar refractivity (Wildman–Crippen MR) is 76.0 cm³/mol. The standard InChI is InChI=1S/C14H16N2OS/c1-3-4-10-5-6-11(7-12(10)9(2)17)13-8-18-14(15)16-13/h5-8H,3-4H2,1-2H3,(H2,15,16). The lowest BCUT2D eigenvalue weighted by Crippen LogP contribution is -2.00. The van der Waals surface area contributed by atoms with Gasteiger partial charge in [0.1, 0.15) is 0 Å². The number of benzene rings is 1. The van der Waals surface area contributed by atoms with Crippen molar-refractivity contribution >= 4 is 22.3 Å². The molecular weight excluding hydrogens is 244 g/mol. The number of Topliss-reactive ketones (excluding diaryl/α,β-unsaturated/α-hetero) is 1. The molecule has 3 nitrogen and oxygen atoms in total. The number of rotatable bonds is 4. The van der Waals surface area contributed by atoms with Gasteiger partial charge in [-0.05, 0) is 25.0 Å². The maximum Gasteiger partial charge on any atom is 0.180 e. The number of nitrogens with zero attached hydrogens (tertiary/aromatic N) is 1. The molecule has 0 saturated heterocycles. The number of aryl methyl sites for hydroxylation is 1. The molecule has 0 aliphatic heterocycles. The van der Waals surface area contributed by atoms with Gasteiger partial charge in [0, 0.05) is 16.5 Å². The number of hydrogen-bond acceptors (Lipinski definition) is 4. The van der Waals surface area contributed by atoms with Crippen LogP contribution < -0.4 is 5.73 Å². The number of carbonyl (C=O) groups excluding carboxylic acids is 1. The minimum absolute atomic E-state index is 0.100. The molecule has 1 heterocycles. The Kier molecular flexibility index (Phi) is 3.77. The van der Waals surface area contributed by atoms with Crippen LogP contribution in [0.4, 0.5) is 5.13 Å². The van der Waals surface area contributed by atoms with Crippen LogP contribution in [-0.2, 0) is 6.42 Å². The summed E-state index contributed by atoms with van der Waals surface area (Å²) in [5.41, 5.74) is 9.32. The van der Waals surface area contributed by atoms with E-state index in [0.717, 1.165) is 35.2 Å². The zero-order chi connectivity index (χ0) is 13.1. The third-order valence-corrected chi connectivity index (χ3v) is 3.50. The van der Waals surface area contributed by atoms with Crippen LogP contribution in [0.1, 0.15) is 36.2 Å². The van der Waals surface area contributed by atoms with Gasteiger partial charge in [0.25, 0.3) is 0 Å². The molecule has 0 saturated carbocycles. The van der Waals surface area contributed by atoms with Crippen LogP contribution >= 0.6 is 11.3 Å². The van der Waals surface area contributed by atoms with E-state index >= 15 is 0 Å². The van der Waals surface area contributed by atoms with Gasteiger partial charge in [0.05, 0.1) is 5.69 Å². The fourth-order valence-corrected chi connectivity index (χ4v) is 2.54. The second-order valence-electron chi connectivity index (χ2n) is 4.25. The molecule has 4 heteroatoms. The molecule has 0 unspecified atom stereocenters. The van der Waals surface area contributed by atoms with Crippen LogP contribution in [0.3, 0.4) is 0 Å². The van der Waals surface area contributed by atoms with Crippen molar-refractivity contribution in [3.63, 3.8) is 0 Å². The summed E-state index contributed by atoms with van der Waals surface area (Å²) in [5.74, 6) is 0.100. The molecule has 0 aliphatic carbocycles. The Morgan fingerprint density at radius 1 is 1.44 bits per heavy atom. The molecule has 18 heavy (non-hydrogen) atoms. The number of ketones is 1. The van der Waals surface area contributed by atoms with Gasteiger partial charge in [0.15, 0.2) is 10.9 Å². The van der Waals surface area contributed by atoms with Crippen LogP contribution in [0.2, 0.25) is 0 Å². The maximum absolute atomic E-state index is 11.7. The molecule has 2 rings (SSSR count). The van der Waals surface area contributed by atoms with E-state index in [2.05, 4.69) is 11.9 Å². The molecule has 0 aliphatic rings. The zero-order valence-electron chi connectivity index (χ0n) is 10.6. The van der Waals surface area contributed by atoms with Gasteiger partial charge in [-0.2, -0.15) is 0 Å². The lowest BCUT2D eigenvalue weighted by atomic mass is 9.97. The average molecular weight is 260 g/mol. The molecule has 0 amide bonds. The van der Waals surface area contributed by atoms with E-state index in [1.54, 1.807) is 6.92 Å². The molecule has 0 fully saturated rings. The second-order valence-corrected chi connectivity index (χ2v) is 5.14. The fourth-order valence-electron chi connectivity index (χ4n) is 1.97. The Balaban J connectivity index is 2.46. The van der Waals surface area contributed by atoms with Crippen LogP contribution in [0, 0.1) is 0 Å². The number of anilines is 1. The van der Waals surface area contributed by atoms with E-state index in [-0.39, 0.29) is 5.78 Å². The van der Waals surface area contributed by atoms with E-state index in [0.29, 0.717) is 5.13 Å². The summed E-state index contributed by atoms with van der Waals surface area (Å²) in [6.07, 6.45) is 1.96. The largest absolute Gasteiger partial charge is 0.375 e. The van der Waals surface area contributed by atoms with Crippen molar-refractivity contribution in [3.8, 4) is 11.3 Å². The first-order valence-electron chi connectivity index (χ1n) is 5.97. The van der Waals surface area contributed by atoms with E-state index in [4.69, 9.17) is 5.73 Å². The molecule has 2 N–H and O–H groups in total. The Bertz CT molecular complexity index is 575. The first kappa shape index (κ1) is 12.8. The lowest BCUT2D eigenvalue weighted by Gasteiger charge is -2.07. The minimum Gasteiger partial charge on any atom is -0.375 e. The number of nitrogen functional groups attached to an aromatic ring is 1. The van der Waals surface area contributed by atoms with Gasteiger partial charge in [-0.15, -0.1) is 11.3 Å². The van der Waals surface area contributed by atoms with Gasteiger partial charge in [-0.3, -0.25) is 4.79 Å². The highest BCUT2D eigenvalue weighted by molar-refractivity contribution is 7.13. The third kappa shape index (κ3) is 2.59. The van der Waals surface area contributed by atoms with Gasteiger partial charge < -0.3 is 5.73 Å². The quantitative estimate of drug-likeness (QED) is 0.855. The van der Waals surface area contributed by atoms with Crippen molar-refractivity contribution in [2.75, 3.05) is 5.73 Å². The van der Waals surface area contributed by atoms with Gasteiger partial charge in [0.2, 0.25) is 0 Å². The summed E-state index contributed by atoms with van der Waals surface area (Å²) < 4.78 is 0. The lowest BCUT2D eigenvalue weighted by molar-refractivity contribution is 0.101. The molecule has 0 radical (unpaired) electrons. The summed E-state index contributed by atoms with van der Waals surface area (Å²) in [6, 6.07) is 5.94. The van der Waals surface area contributed by atoms with Crippen molar-refractivity contribution in [1.82, 2.24) is 4.98 Å². The molecule has 1 aromatic carbocycles. The molecule has 94 valence electrons. The number of hydrogen-bond donors (Lipinski definition) is 1. The Morgan fingerprint density at radius 3 is 2.78 bits per heavy atom. The average Bonchev–Trinajstić information content (AvgIpc) is 2.76. The topological polar surface area (TPSA) is 56.0 Å². The van der Waals surface area contributed by atoms with Crippen molar-refractivity contribution in [2.45, 2.75) is 26.7 Å². The Hall–Kier alpha value is -1.68. The molecule has 1 aromatic heterocycles. The smallest absolute Gasteiger partial charge is 0.180 e. The summed E-state index contributed by atoms with van der Waals surface area (Å²) in [5, 5.41) is 2.46. The summed E-state index contributed by atoms with van der Waals surface area (Å²) in [4.78, 5) is 15.9. The summed E-state index contributed by atoms with van der Waals surface area (Å²) in [7, 11) is 0. The Morgan fingerprint density at radius 2 is 2.22 bits per heavy atom. The van der Waals surface area contributed by atoms with Gasteiger partial charge in [-0.1, -0.05) is 25.5 Å². The third-order valence-electron chi connectivity index (χ3n) is 2.83. The van der Waals surface area contributed by atoms with Crippen molar-refractivity contribution in [1.29, 1.82) is 0 Å². The maximum atomic E-state index is 11.7. The summed E-state index contributed by atoms with van der Waals surface area (Å²) >= 11 is 1.41. The fraction of sp³-hybridized carbons (Fsp3) is 0.286. The number of carbonyl (C=O) groups is 1. The van der Waals surface area contributed by atoms with Crippen LogP contribution in [0.15, 0.2) is 23.6 Å². The van der Waals surface area contributed by atoms with E-state index in [9.17, 15) is 4.79 Å². The van der Waals surface area contributed by atoms with E-state index in [1.165, 1.54) is 11.3 Å². The predicted octanol–water partition coefficient (Wildman–Crippen LogP) is 3.55. The normalized spacial score (nSPS) is 10.6. The second kappa shape index (κ2) is 5.31. The van der Waals surface area contributed by atoms with Crippen LogP contribution in [0.5, 0.6) is 0 Å². The van der Waals surface area contributed by atoms with Crippen molar-refractivity contribution < 1.29 is 4.79 Å².